The molecule has 0 radical (unpaired) electrons. The van der Waals surface area contributed by atoms with E-state index in [0.717, 1.165) is 23.6 Å². The fourth-order valence-electron chi connectivity index (χ4n) is 3.41. The Bertz CT molecular complexity index is 1410. The van der Waals surface area contributed by atoms with E-state index in [4.69, 9.17) is 0 Å². The van der Waals surface area contributed by atoms with Gasteiger partial charge in [0.1, 0.15) is 29.5 Å². The van der Waals surface area contributed by atoms with Crippen LogP contribution < -0.4 is 16.2 Å². The van der Waals surface area contributed by atoms with Crippen LogP contribution in [-0.4, -0.2) is 42.5 Å². The number of aromatic nitrogens is 5. The molecule has 10 nitrogen and oxygen atoms in total. The first kappa shape index (κ1) is 19.8. The van der Waals surface area contributed by atoms with Crippen molar-refractivity contribution in [2.24, 2.45) is 5.92 Å². The number of amides is 2. The molecule has 162 valence electrons. The fraction of sp³-hybridized carbons (Fsp3) is 0.238. The Balaban J connectivity index is 1.53. The number of nitrogens with one attached hydrogen (secondary N) is 2. The van der Waals surface area contributed by atoms with Crippen molar-refractivity contribution in [3.05, 3.63) is 64.6 Å². The van der Waals surface area contributed by atoms with Crippen molar-refractivity contribution in [1.82, 2.24) is 29.5 Å². The molecule has 0 atom stereocenters. The van der Waals surface area contributed by atoms with Crippen LogP contribution in [0.1, 0.15) is 23.3 Å². The SMILES string of the molecule is O=C(Cn1c2ncccc2c(=O)n2nc(C(=O)NCC3CC3)cc12)Nc1ccc(F)cn1. The maximum Gasteiger partial charge on any atom is 0.283 e. The van der Waals surface area contributed by atoms with Crippen LogP contribution in [-0.2, 0) is 11.3 Å². The molecule has 0 unspecified atom stereocenters. The Morgan fingerprint density at radius 3 is 2.78 bits per heavy atom. The highest BCUT2D eigenvalue weighted by atomic mass is 19.1. The van der Waals surface area contributed by atoms with E-state index in [1.807, 2.05) is 0 Å². The summed E-state index contributed by atoms with van der Waals surface area (Å²) in [5, 5.41) is 9.83. The van der Waals surface area contributed by atoms with E-state index in [9.17, 15) is 18.8 Å². The average Bonchev–Trinajstić information content (AvgIpc) is 3.52. The summed E-state index contributed by atoms with van der Waals surface area (Å²) in [6.45, 7) is 0.332. The minimum Gasteiger partial charge on any atom is -0.350 e. The smallest absolute Gasteiger partial charge is 0.283 e. The van der Waals surface area contributed by atoms with Crippen LogP contribution in [0.25, 0.3) is 16.7 Å². The van der Waals surface area contributed by atoms with E-state index in [0.29, 0.717) is 12.5 Å². The number of anilines is 1. The zero-order valence-corrected chi connectivity index (χ0v) is 16.8. The summed E-state index contributed by atoms with van der Waals surface area (Å²) in [5.74, 6) is -0.705. The van der Waals surface area contributed by atoms with Crippen molar-refractivity contribution >= 4 is 34.3 Å². The molecule has 0 bridgehead atoms. The molecule has 11 heteroatoms. The summed E-state index contributed by atoms with van der Waals surface area (Å²) in [6.07, 6.45) is 4.68. The molecule has 0 aromatic carbocycles. The number of halogens is 1. The molecule has 0 spiro atoms. The van der Waals surface area contributed by atoms with Crippen molar-refractivity contribution in [2.75, 3.05) is 11.9 Å². The Hall–Kier alpha value is -4.15. The van der Waals surface area contributed by atoms with Gasteiger partial charge in [0.15, 0.2) is 5.69 Å². The van der Waals surface area contributed by atoms with Crippen LogP contribution in [0.3, 0.4) is 0 Å². The standard InChI is InChI=1S/C21H18FN7O3/c22-13-5-6-16(24-10-13)26-17(30)11-28-18-8-15(20(31)25-9-12-3-4-12)27-29(18)21(32)14-2-1-7-23-19(14)28/h1-2,5-8,10,12H,3-4,9,11H2,(H,25,31)(H,24,26,30). The Morgan fingerprint density at radius 2 is 2.03 bits per heavy atom. The fourth-order valence-corrected chi connectivity index (χ4v) is 3.41. The normalized spacial score (nSPS) is 13.4. The summed E-state index contributed by atoms with van der Waals surface area (Å²) in [4.78, 5) is 46.2. The first-order chi connectivity index (χ1) is 15.5. The van der Waals surface area contributed by atoms with Gasteiger partial charge in [-0.15, -0.1) is 0 Å². The molecule has 4 aromatic heterocycles. The molecule has 0 saturated heterocycles. The molecule has 2 N–H and O–H groups in total. The predicted octanol–water partition coefficient (Wildman–Crippen LogP) is 1.36. The number of nitrogens with zero attached hydrogens (tertiary/aromatic N) is 5. The van der Waals surface area contributed by atoms with E-state index < -0.39 is 17.3 Å². The molecule has 4 aromatic rings. The van der Waals surface area contributed by atoms with Crippen molar-refractivity contribution in [1.29, 1.82) is 0 Å². The first-order valence-electron chi connectivity index (χ1n) is 10.1. The van der Waals surface area contributed by atoms with E-state index >= 15 is 0 Å². The third kappa shape index (κ3) is 3.80. The number of rotatable bonds is 6. The van der Waals surface area contributed by atoms with Gasteiger partial charge in [-0.1, -0.05) is 0 Å². The minimum atomic E-state index is -0.521. The molecular formula is C21H18FN7O3. The average molecular weight is 435 g/mol. The van der Waals surface area contributed by atoms with Gasteiger partial charge in [-0.25, -0.2) is 14.4 Å². The maximum absolute atomic E-state index is 13.1. The van der Waals surface area contributed by atoms with Crippen LogP contribution in [0, 0.1) is 11.7 Å². The van der Waals surface area contributed by atoms with Crippen LogP contribution in [0.2, 0.25) is 0 Å². The number of hydrogen-bond acceptors (Lipinski definition) is 6. The lowest BCUT2D eigenvalue weighted by molar-refractivity contribution is -0.116. The quantitative estimate of drug-likeness (QED) is 0.471. The van der Waals surface area contributed by atoms with Crippen molar-refractivity contribution in [3.8, 4) is 0 Å². The molecule has 2 amide bonds. The summed E-state index contributed by atoms with van der Waals surface area (Å²) in [7, 11) is 0. The molecule has 1 aliphatic carbocycles. The third-order valence-electron chi connectivity index (χ3n) is 5.21. The topological polar surface area (TPSA) is 123 Å². The van der Waals surface area contributed by atoms with Gasteiger partial charge in [-0.3, -0.25) is 14.4 Å². The second-order valence-electron chi connectivity index (χ2n) is 7.63. The molecule has 1 fully saturated rings. The number of carbonyl (C=O) groups excluding carboxylic acids is 2. The van der Waals surface area contributed by atoms with Gasteiger partial charge in [0, 0.05) is 18.8 Å². The molecule has 0 aliphatic heterocycles. The lowest BCUT2D eigenvalue weighted by atomic mass is 10.3. The molecule has 1 aliphatic rings. The van der Waals surface area contributed by atoms with Gasteiger partial charge in [0.2, 0.25) is 5.91 Å². The highest BCUT2D eigenvalue weighted by Gasteiger charge is 2.24. The second-order valence-corrected chi connectivity index (χ2v) is 7.63. The van der Waals surface area contributed by atoms with Crippen molar-refractivity contribution in [2.45, 2.75) is 19.4 Å². The molecule has 1 saturated carbocycles. The van der Waals surface area contributed by atoms with E-state index in [2.05, 4.69) is 25.7 Å². The van der Waals surface area contributed by atoms with E-state index in [1.54, 1.807) is 12.1 Å². The largest absolute Gasteiger partial charge is 0.350 e. The highest BCUT2D eigenvalue weighted by molar-refractivity contribution is 5.94. The van der Waals surface area contributed by atoms with Crippen LogP contribution >= 0.6 is 0 Å². The van der Waals surface area contributed by atoms with Crippen LogP contribution in [0.4, 0.5) is 10.2 Å². The van der Waals surface area contributed by atoms with Crippen molar-refractivity contribution < 1.29 is 14.0 Å². The zero-order valence-electron chi connectivity index (χ0n) is 16.8. The zero-order chi connectivity index (χ0) is 22.2. The summed E-state index contributed by atoms with van der Waals surface area (Å²) < 4.78 is 15.7. The lowest BCUT2D eigenvalue weighted by Gasteiger charge is -2.12. The Morgan fingerprint density at radius 1 is 1.19 bits per heavy atom. The minimum absolute atomic E-state index is 0.0763. The summed E-state index contributed by atoms with van der Waals surface area (Å²) in [6, 6.07) is 7.16. The second kappa shape index (κ2) is 7.84. The van der Waals surface area contributed by atoms with E-state index in [-0.39, 0.29) is 40.6 Å². The lowest BCUT2D eigenvalue weighted by Crippen LogP contribution is -2.26. The number of hydrogen-bond donors (Lipinski definition) is 2. The van der Waals surface area contributed by atoms with E-state index in [1.165, 1.54) is 29.0 Å². The number of pyridine rings is 2. The Labute approximate surface area is 180 Å². The number of fused-ring (bicyclic) bond motifs is 2. The number of carbonyl (C=O) groups is 2. The highest BCUT2D eigenvalue weighted by Crippen LogP contribution is 2.27. The van der Waals surface area contributed by atoms with Gasteiger partial charge >= 0.3 is 0 Å². The van der Waals surface area contributed by atoms with Gasteiger partial charge in [0.25, 0.3) is 11.5 Å². The monoisotopic (exact) mass is 435 g/mol. The Kier molecular flexibility index (Phi) is 4.85. The maximum atomic E-state index is 13.1. The first-order valence-corrected chi connectivity index (χ1v) is 10.1. The van der Waals surface area contributed by atoms with Gasteiger partial charge in [-0.05, 0) is 43.0 Å². The van der Waals surface area contributed by atoms with Gasteiger partial charge in [0.05, 0.1) is 11.6 Å². The summed E-state index contributed by atoms with van der Waals surface area (Å²) >= 11 is 0. The molecule has 5 rings (SSSR count). The van der Waals surface area contributed by atoms with Crippen molar-refractivity contribution in [3.63, 3.8) is 0 Å². The van der Waals surface area contributed by atoms with Gasteiger partial charge < -0.3 is 15.2 Å². The molecular weight excluding hydrogens is 417 g/mol. The van der Waals surface area contributed by atoms with Crippen LogP contribution in [0.5, 0.6) is 0 Å². The molecule has 32 heavy (non-hydrogen) atoms. The third-order valence-corrected chi connectivity index (χ3v) is 5.21. The molecule has 4 heterocycles. The van der Waals surface area contributed by atoms with Crippen LogP contribution in [0.15, 0.2) is 47.5 Å². The van der Waals surface area contributed by atoms with Gasteiger partial charge in [-0.2, -0.15) is 9.61 Å². The summed E-state index contributed by atoms with van der Waals surface area (Å²) in [5.41, 5.74) is 0.158. The predicted molar refractivity (Wildman–Crippen MR) is 113 cm³/mol.